The molecule has 0 fully saturated rings. The van der Waals surface area contributed by atoms with Gasteiger partial charge in [-0.05, 0) is 37.3 Å². The van der Waals surface area contributed by atoms with Gasteiger partial charge in [-0.15, -0.1) is 10.2 Å². The van der Waals surface area contributed by atoms with Crippen LogP contribution < -0.4 is 15.0 Å². The van der Waals surface area contributed by atoms with Crippen LogP contribution in [0, 0.1) is 0 Å². The highest BCUT2D eigenvalue weighted by Gasteiger charge is 2.27. The highest BCUT2D eigenvalue weighted by molar-refractivity contribution is 6.31. The third kappa shape index (κ3) is 3.93. The second-order valence-corrected chi connectivity index (χ2v) is 6.89. The summed E-state index contributed by atoms with van der Waals surface area (Å²) in [6.45, 7) is 2.47. The van der Waals surface area contributed by atoms with Crippen molar-refractivity contribution in [1.29, 1.82) is 0 Å². The zero-order chi connectivity index (χ0) is 20.4. The number of nitrogens with one attached hydrogen (secondary N) is 1. The van der Waals surface area contributed by atoms with Gasteiger partial charge in [-0.1, -0.05) is 23.7 Å². The third-order valence-corrected chi connectivity index (χ3v) is 4.76. The van der Waals surface area contributed by atoms with Gasteiger partial charge in [-0.3, -0.25) is 14.5 Å². The lowest BCUT2D eigenvalue weighted by Gasteiger charge is -2.29. The Morgan fingerprint density at radius 2 is 2.14 bits per heavy atom. The average Bonchev–Trinajstić information content (AvgIpc) is 3.19. The van der Waals surface area contributed by atoms with Gasteiger partial charge >= 0.3 is 0 Å². The van der Waals surface area contributed by atoms with E-state index in [9.17, 15) is 9.59 Å². The molecule has 148 valence electrons. The predicted molar refractivity (Wildman–Crippen MR) is 109 cm³/mol. The molecule has 2 heterocycles. The van der Waals surface area contributed by atoms with Gasteiger partial charge in [0.1, 0.15) is 18.6 Å². The number of carbonyl (C=O) groups excluding carboxylic acids is 2. The topological polar surface area (TPSA) is 89.4 Å². The number of aryl methyl sites for hydroxylation is 1. The monoisotopic (exact) mass is 411 g/mol. The summed E-state index contributed by atoms with van der Waals surface area (Å²) in [5.41, 5.74) is 1.92. The molecule has 9 heteroatoms. The van der Waals surface area contributed by atoms with Crippen molar-refractivity contribution in [3.63, 3.8) is 0 Å². The summed E-state index contributed by atoms with van der Waals surface area (Å²) < 4.78 is 7.31. The molecule has 0 saturated heterocycles. The lowest BCUT2D eigenvalue weighted by molar-refractivity contribution is -0.123. The van der Waals surface area contributed by atoms with Crippen molar-refractivity contribution in [1.82, 2.24) is 14.8 Å². The summed E-state index contributed by atoms with van der Waals surface area (Å²) in [5, 5.41) is 11.4. The van der Waals surface area contributed by atoms with E-state index in [1.807, 2.05) is 29.7 Å². The van der Waals surface area contributed by atoms with Crippen molar-refractivity contribution >= 4 is 34.8 Å². The normalized spacial score (nSPS) is 13.0. The Morgan fingerprint density at radius 3 is 2.97 bits per heavy atom. The molecular formula is C20H18ClN5O3. The molecule has 0 saturated carbocycles. The fourth-order valence-corrected chi connectivity index (χ4v) is 3.31. The SMILES string of the molecule is CCn1cnnc1-c1cccc(NC(=O)CN2C(=O)COc3ccc(Cl)cc32)c1. The first-order valence-electron chi connectivity index (χ1n) is 9.06. The van der Waals surface area contributed by atoms with Crippen molar-refractivity contribution in [2.45, 2.75) is 13.5 Å². The number of carbonyl (C=O) groups is 2. The number of nitrogens with zero attached hydrogens (tertiary/aromatic N) is 4. The minimum Gasteiger partial charge on any atom is -0.482 e. The minimum absolute atomic E-state index is 0.121. The van der Waals surface area contributed by atoms with Crippen LogP contribution in [0.1, 0.15) is 6.92 Å². The number of rotatable bonds is 5. The molecule has 1 N–H and O–H groups in total. The van der Waals surface area contributed by atoms with Gasteiger partial charge in [0.05, 0.1) is 5.69 Å². The Morgan fingerprint density at radius 1 is 1.28 bits per heavy atom. The number of fused-ring (bicyclic) bond motifs is 1. The van der Waals surface area contributed by atoms with Gasteiger partial charge in [-0.2, -0.15) is 0 Å². The fourth-order valence-electron chi connectivity index (χ4n) is 3.14. The average molecular weight is 412 g/mol. The number of aromatic nitrogens is 3. The number of benzene rings is 2. The number of hydrogen-bond donors (Lipinski definition) is 1. The Hall–Kier alpha value is -3.39. The summed E-state index contributed by atoms with van der Waals surface area (Å²) in [6.07, 6.45) is 1.66. The zero-order valence-electron chi connectivity index (χ0n) is 15.6. The second-order valence-electron chi connectivity index (χ2n) is 6.45. The molecule has 3 aromatic rings. The molecule has 29 heavy (non-hydrogen) atoms. The van der Waals surface area contributed by atoms with Crippen molar-refractivity contribution in [2.24, 2.45) is 0 Å². The van der Waals surface area contributed by atoms with Crippen LogP contribution >= 0.6 is 11.6 Å². The Kier molecular flexibility index (Phi) is 5.18. The van der Waals surface area contributed by atoms with E-state index >= 15 is 0 Å². The molecule has 2 aromatic carbocycles. The summed E-state index contributed by atoms with van der Waals surface area (Å²) in [4.78, 5) is 26.3. The van der Waals surface area contributed by atoms with Gasteiger partial charge in [0.25, 0.3) is 5.91 Å². The van der Waals surface area contributed by atoms with Gasteiger partial charge in [0.15, 0.2) is 12.4 Å². The molecule has 1 aliphatic rings. The van der Waals surface area contributed by atoms with Crippen LogP contribution in [0.3, 0.4) is 0 Å². The Bertz CT molecular complexity index is 1080. The molecule has 0 radical (unpaired) electrons. The number of halogens is 1. The van der Waals surface area contributed by atoms with Crippen LogP contribution in [0.25, 0.3) is 11.4 Å². The van der Waals surface area contributed by atoms with E-state index in [2.05, 4.69) is 15.5 Å². The summed E-state index contributed by atoms with van der Waals surface area (Å²) >= 11 is 6.04. The lowest BCUT2D eigenvalue weighted by Crippen LogP contribution is -2.43. The van der Waals surface area contributed by atoms with Crippen LogP contribution in [0.4, 0.5) is 11.4 Å². The molecule has 4 rings (SSSR count). The van der Waals surface area contributed by atoms with E-state index in [0.29, 0.717) is 22.1 Å². The number of ether oxygens (including phenoxy) is 1. The predicted octanol–water partition coefficient (Wildman–Crippen LogP) is 2.98. The van der Waals surface area contributed by atoms with Crippen LogP contribution in [-0.2, 0) is 16.1 Å². The standard InChI is InChI=1S/C20H18ClN5O3/c1-2-25-12-22-24-20(25)13-4-3-5-15(8-13)23-18(27)10-26-16-9-14(21)6-7-17(16)29-11-19(26)28/h3-9,12H,2,10-11H2,1H3,(H,23,27). The summed E-state index contributed by atoms with van der Waals surface area (Å²) in [7, 11) is 0. The molecule has 0 unspecified atom stereocenters. The first kappa shape index (κ1) is 18.9. The third-order valence-electron chi connectivity index (χ3n) is 4.53. The molecule has 1 aromatic heterocycles. The first-order valence-corrected chi connectivity index (χ1v) is 9.43. The van der Waals surface area contributed by atoms with E-state index in [0.717, 1.165) is 17.9 Å². The molecule has 0 bridgehead atoms. The maximum absolute atomic E-state index is 12.6. The highest BCUT2D eigenvalue weighted by Crippen LogP contribution is 2.34. The van der Waals surface area contributed by atoms with Crippen LogP contribution in [0.2, 0.25) is 5.02 Å². The Labute approximate surface area is 172 Å². The second kappa shape index (κ2) is 7.92. The summed E-state index contributed by atoms with van der Waals surface area (Å²) in [5.74, 6) is 0.596. The quantitative estimate of drug-likeness (QED) is 0.697. The fraction of sp³-hybridized carbons (Fsp3) is 0.200. The first-order chi connectivity index (χ1) is 14.0. The minimum atomic E-state index is -0.333. The van der Waals surface area contributed by atoms with Gasteiger partial charge in [-0.25, -0.2) is 0 Å². The smallest absolute Gasteiger partial charge is 0.265 e. The van der Waals surface area contributed by atoms with E-state index in [1.165, 1.54) is 4.90 Å². The van der Waals surface area contributed by atoms with Gasteiger partial charge in [0.2, 0.25) is 5.91 Å². The molecule has 8 nitrogen and oxygen atoms in total. The number of hydrogen-bond acceptors (Lipinski definition) is 5. The molecular weight excluding hydrogens is 394 g/mol. The van der Waals surface area contributed by atoms with Gasteiger partial charge in [0, 0.05) is 22.8 Å². The molecule has 0 atom stereocenters. The Balaban J connectivity index is 1.52. The van der Waals surface area contributed by atoms with Crippen molar-refractivity contribution in [2.75, 3.05) is 23.4 Å². The van der Waals surface area contributed by atoms with E-state index in [-0.39, 0.29) is 25.0 Å². The van der Waals surface area contributed by atoms with Gasteiger partial charge < -0.3 is 14.6 Å². The van der Waals surface area contributed by atoms with E-state index in [1.54, 1.807) is 30.6 Å². The zero-order valence-corrected chi connectivity index (χ0v) is 16.4. The van der Waals surface area contributed by atoms with E-state index < -0.39 is 0 Å². The van der Waals surface area contributed by atoms with Crippen molar-refractivity contribution < 1.29 is 14.3 Å². The van der Waals surface area contributed by atoms with E-state index in [4.69, 9.17) is 16.3 Å². The maximum Gasteiger partial charge on any atom is 0.265 e. The molecule has 2 amide bonds. The maximum atomic E-state index is 12.6. The molecule has 1 aliphatic heterocycles. The lowest BCUT2D eigenvalue weighted by atomic mass is 10.2. The van der Waals surface area contributed by atoms with Crippen molar-refractivity contribution in [3.05, 3.63) is 53.8 Å². The van der Waals surface area contributed by atoms with Crippen LogP contribution in [0.5, 0.6) is 5.75 Å². The summed E-state index contributed by atoms with van der Waals surface area (Å²) in [6, 6.07) is 12.3. The molecule has 0 aliphatic carbocycles. The number of amides is 2. The molecule has 0 spiro atoms. The van der Waals surface area contributed by atoms with Crippen molar-refractivity contribution in [3.8, 4) is 17.1 Å². The number of anilines is 2. The van der Waals surface area contributed by atoms with Crippen LogP contribution in [0.15, 0.2) is 48.8 Å². The highest BCUT2D eigenvalue weighted by atomic mass is 35.5. The van der Waals surface area contributed by atoms with Crippen LogP contribution in [-0.4, -0.2) is 39.7 Å². The largest absolute Gasteiger partial charge is 0.482 e.